The molecule has 2 N–H and O–H groups in total. The first kappa shape index (κ1) is 20.1. The number of hydrogen-bond acceptors (Lipinski definition) is 5. The van der Waals surface area contributed by atoms with Crippen molar-refractivity contribution >= 4 is 23.2 Å². The van der Waals surface area contributed by atoms with Gasteiger partial charge in [-0.2, -0.15) is 5.10 Å². The molecule has 0 saturated heterocycles. The molecule has 0 saturated carbocycles. The van der Waals surface area contributed by atoms with Gasteiger partial charge in [0.15, 0.2) is 5.78 Å². The van der Waals surface area contributed by atoms with E-state index < -0.39 is 0 Å². The first-order valence-corrected chi connectivity index (χ1v) is 10.7. The largest absolute Gasteiger partial charge is 0.497 e. The van der Waals surface area contributed by atoms with Crippen LogP contribution in [0.3, 0.4) is 0 Å². The lowest BCUT2D eigenvalue weighted by Gasteiger charge is -2.33. The van der Waals surface area contributed by atoms with Crippen molar-refractivity contribution in [3.05, 3.63) is 82.7 Å². The Kier molecular flexibility index (Phi) is 5.01. The van der Waals surface area contributed by atoms with Crippen molar-refractivity contribution in [2.24, 2.45) is 0 Å². The van der Waals surface area contributed by atoms with E-state index in [2.05, 4.69) is 15.7 Å². The first-order valence-electron chi connectivity index (χ1n) is 10.7. The number of ether oxygens (including phenoxy) is 1. The van der Waals surface area contributed by atoms with Gasteiger partial charge in [-0.15, -0.1) is 0 Å². The third-order valence-corrected chi connectivity index (χ3v) is 6.02. The fraction of sp³-hybridized carbons (Fsp3) is 0.240. The highest BCUT2D eigenvalue weighted by Crippen LogP contribution is 2.41. The van der Waals surface area contributed by atoms with Crippen molar-refractivity contribution < 1.29 is 14.3 Å². The lowest BCUT2D eigenvalue weighted by atomic mass is 9.85. The van der Waals surface area contributed by atoms with E-state index >= 15 is 0 Å². The number of aromatic nitrogens is 2. The predicted octanol–water partition coefficient (Wildman–Crippen LogP) is 4.47. The Morgan fingerprint density at radius 1 is 1.12 bits per heavy atom. The van der Waals surface area contributed by atoms with Gasteiger partial charge >= 0.3 is 0 Å². The number of anilines is 2. The number of rotatable bonds is 4. The summed E-state index contributed by atoms with van der Waals surface area (Å²) in [7, 11) is 1.62. The van der Waals surface area contributed by atoms with E-state index in [1.807, 2.05) is 55.5 Å². The van der Waals surface area contributed by atoms with E-state index in [1.165, 1.54) is 0 Å². The van der Waals surface area contributed by atoms with Crippen LogP contribution in [0.4, 0.5) is 11.5 Å². The molecule has 3 aromatic rings. The lowest BCUT2D eigenvalue weighted by molar-refractivity contribution is -0.116. The molecule has 1 aliphatic carbocycles. The molecule has 5 rings (SSSR count). The summed E-state index contributed by atoms with van der Waals surface area (Å²) in [4.78, 5) is 26.0. The fourth-order valence-corrected chi connectivity index (χ4v) is 4.35. The number of aryl methyl sites for hydroxylation is 1. The Labute approximate surface area is 186 Å². The normalized spacial score (nSPS) is 17.3. The second-order valence-corrected chi connectivity index (χ2v) is 8.14. The zero-order valence-electron chi connectivity index (χ0n) is 18.0. The monoisotopic (exact) mass is 428 g/mol. The molecule has 2 aliphatic rings. The summed E-state index contributed by atoms with van der Waals surface area (Å²) in [6, 6.07) is 14.9. The van der Waals surface area contributed by atoms with Crippen LogP contribution >= 0.6 is 0 Å². The maximum atomic E-state index is 13.1. The lowest BCUT2D eigenvalue weighted by Crippen LogP contribution is -2.32. The SMILES string of the molecule is COc1ccc(C2C3=C(CCCC3=O)Nc3c(C(=O)Nc4ccc(C)cc4)cnn32)cc1. The molecule has 1 aromatic heterocycles. The van der Waals surface area contributed by atoms with Gasteiger partial charge in [0.25, 0.3) is 5.91 Å². The van der Waals surface area contributed by atoms with E-state index in [-0.39, 0.29) is 17.7 Å². The smallest absolute Gasteiger partial charge is 0.261 e. The summed E-state index contributed by atoms with van der Waals surface area (Å²) >= 11 is 0. The van der Waals surface area contributed by atoms with Gasteiger partial charge in [-0.1, -0.05) is 29.8 Å². The Morgan fingerprint density at radius 2 is 1.88 bits per heavy atom. The van der Waals surface area contributed by atoms with Gasteiger partial charge in [0.05, 0.1) is 13.3 Å². The Bertz CT molecular complexity index is 1220. The van der Waals surface area contributed by atoms with E-state index in [0.717, 1.165) is 46.7 Å². The molecule has 162 valence electrons. The summed E-state index contributed by atoms with van der Waals surface area (Å²) in [5, 5.41) is 10.8. The zero-order chi connectivity index (χ0) is 22.2. The van der Waals surface area contributed by atoms with E-state index in [0.29, 0.717) is 17.8 Å². The summed E-state index contributed by atoms with van der Waals surface area (Å²) in [5.41, 5.74) is 4.80. The van der Waals surface area contributed by atoms with E-state index in [9.17, 15) is 9.59 Å². The van der Waals surface area contributed by atoms with Crippen LogP contribution in [-0.4, -0.2) is 28.6 Å². The maximum absolute atomic E-state index is 13.1. The fourth-order valence-electron chi connectivity index (χ4n) is 4.35. The number of fused-ring (bicyclic) bond motifs is 1. The Hall–Kier alpha value is -3.87. The molecule has 1 amide bonds. The average Bonchev–Trinajstić information content (AvgIpc) is 3.23. The number of allylic oxidation sites excluding steroid dienone is 2. The van der Waals surface area contributed by atoms with Crippen LogP contribution in [0.5, 0.6) is 5.75 Å². The van der Waals surface area contributed by atoms with Crippen LogP contribution in [0, 0.1) is 6.92 Å². The first-order chi connectivity index (χ1) is 15.5. The molecular weight excluding hydrogens is 404 g/mol. The van der Waals surface area contributed by atoms with Gasteiger partial charge in [0, 0.05) is 23.4 Å². The Balaban J connectivity index is 1.55. The number of carbonyl (C=O) groups excluding carboxylic acids is 2. The number of ketones is 1. The topological polar surface area (TPSA) is 85.2 Å². The van der Waals surface area contributed by atoms with E-state index in [4.69, 9.17) is 4.74 Å². The number of nitrogens with one attached hydrogen (secondary N) is 2. The summed E-state index contributed by atoms with van der Waals surface area (Å²) in [5.74, 6) is 1.21. The molecule has 0 radical (unpaired) electrons. The molecule has 32 heavy (non-hydrogen) atoms. The van der Waals surface area contributed by atoms with Crippen molar-refractivity contribution in [2.75, 3.05) is 17.7 Å². The molecule has 7 nitrogen and oxygen atoms in total. The van der Waals surface area contributed by atoms with Gasteiger partial charge in [-0.05, 0) is 49.6 Å². The second-order valence-electron chi connectivity index (χ2n) is 8.14. The molecule has 1 atom stereocenters. The van der Waals surface area contributed by atoms with Crippen LogP contribution in [-0.2, 0) is 4.79 Å². The standard InChI is InChI=1S/C25H24N4O3/c1-15-6-10-17(11-7-15)27-25(31)19-14-26-29-23(16-8-12-18(32-2)13-9-16)22-20(28-24(19)29)4-3-5-21(22)30/h6-14,23,28H,3-5H2,1-2H3,(H,27,31). The van der Waals surface area contributed by atoms with Crippen molar-refractivity contribution in [1.29, 1.82) is 0 Å². The number of amides is 1. The number of nitrogens with zero attached hydrogens (tertiary/aromatic N) is 2. The molecule has 2 aromatic carbocycles. The van der Waals surface area contributed by atoms with Crippen LogP contribution in [0.25, 0.3) is 0 Å². The van der Waals surface area contributed by atoms with Crippen LogP contribution in [0.2, 0.25) is 0 Å². The third-order valence-electron chi connectivity index (χ3n) is 6.02. The van der Waals surface area contributed by atoms with Gasteiger partial charge in [-0.3, -0.25) is 9.59 Å². The number of carbonyl (C=O) groups is 2. The quantitative estimate of drug-likeness (QED) is 0.640. The highest BCUT2D eigenvalue weighted by atomic mass is 16.5. The van der Waals surface area contributed by atoms with Crippen molar-refractivity contribution in [3.63, 3.8) is 0 Å². The minimum Gasteiger partial charge on any atom is -0.497 e. The van der Waals surface area contributed by atoms with Crippen molar-refractivity contribution in [1.82, 2.24) is 9.78 Å². The second kappa shape index (κ2) is 8.00. The van der Waals surface area contributed by atoms with Gasteiger partial charge in [0.2, 0.25) is 0 Å². The summed E-state index contributed by atoms with van der Waals surface area (Å²) in [6.45, 7) is 2.00. The van der Waals surface area contributed by atoms with Crippen LogP contribution in [0.1, 0.15) is 46.8 Å². The van der Waals surface area contributed by atoms with E-state index in [1.54, 1.807) is 18.0 Å². The maximum Gasteiger partial charge on any atom is 0.261 e. The zero-order valence-corrected chi connectivity index (χ0v) is 18.0. The van der Waals surface area contributed by atoms with Crippen LogP contribution < -0.4 is 15.4 Å². The predicted molar refractivity (Wildman–Crippen MR) is 122 cm³/mol. The highest BCUT2D eigenvalue weighted by Gasteiger charge is 2.37. The minimum absolute atomic E-state index is 0.117. The minimum atomic E-state index is -0.388. The molecule has 1 unspecified atom stereocenters. The van der Waals surface area contributed by atoms with Gasteiger partial charge in [0.1, 0.15) is 23.2 Å². The molecule has 1 aliphatic heterocycles. The molecule has 7 heteroatoms. The summed E-state index contributed by atoms with van der Waals surface area (Å²) < 4.78 is 7.03. The van der Waals surface area contributed by atoms with Crippen LogP contribution in [0.15, 0.2) is 66.0 Å². The highest BCUT2D eigenvalue weighted by molar-refractivity contribution is 6.08. The average molecular weight is 428 g/mol. The van der Waals surface area contributed by atoms with Gasteiger partial charge in [-0.25, -0.2) is 4.68 Å². The molecular formula is C25H24N4O3. The molecule has 0 spiro atoms. The van der Waals surface area contributed by atoms with Crippen molar-refractivity contribution in [2.45, 2.75) is 32.2 Å². The number of benzene rings is 2. The van der Waals surface area contributed by atoms with Gasteiger partial charge < -0.3 is 15.4 Å². The molecule has 0 bridgehead atoms. The number of methoxy groups -OCH3 is 1. The van der Waals surface area contributed by atoms with Crippen molar-refractivity contribution in [3.8, 4) is 5.75 Å². The Morgan fingerprint density at radius 3 is 2.59 bits per heavy atom. The summed E-state index contributed by atoms with van der Waals surface area (Å²) in [6.07, 6.45) is 3.63. The third kappa shape index (κ3) is 3.45. The molecule has 0 fully saturated rings. The number of Topliss-reactive ketones (excluding diaryl/α,β-unsaturated/α-hetero) is 1. The molecule has 2 heterocycles. The number of hydrogen-bond donors (Lipinski definition) is 2.